The van der Waals surface area contributed by atoms with Crippen LogP contribution in [0.5, 0.6) is 0 Å². The number of nitrogens with one attached hydrogen (secondary N) is 1. The molecule has 5 unspecified atom stereocenters. The second kappa shape index (κ2) is 4.92. The minimum absolute atomic E-state index is 0.109. The molecule has 2 bridgehead atoms. The average molecular weight is 327 g/mol. The predicted octanol–water partition coefficient (Wildman–Crippen LogP) is 0.241. The van der Waals surface area contributed by atoms with Crippen LogP contribution in [0, 0.1) is 11.8 Å². The third-order valence-corrected chi connectivity index (χ3v) is 5.94. The summed E-state index contributed by atoms with van der Waals surface area (Å²) >= 11 is 0. The molecule has 7 nitrogen and oxygen atoms in total. The van der Waals surface area contributed by atoms with Gasteiger partial charge in [0.1, 0.15) is 6.10 Å². The summed E-state index contributed by atoms with van der Waals surface area (Å²) in [6.45, 7) is 6.33. The van der Waals surface area contributed by atoms with Crippen LogP contribution in [0.1, 0.15) is 20.3 Å². The van der Waals surface area contributed by atoms with E-state index in [2.05, 4.69) is 11.3 Å². The van der Waals surface area contributed by atoms with Gasteiger partial charge in [-0.2, -0.15) is 0 Å². The van der Waals surface area contributed by atoms with Gasteiger partial charge in [0.15, 0.2) is 6.10 Å². The highest BCUT2D eigenvalue weighted by Crippen LogP contribution is 2.51. The lowest BCUT2D eigenvalue weighted by Gasteiger charge is -2.24. The smallest absolute Gasteiger partial charge is 0.347 e. The van der Waals surface area contributed by atoms with Crippen molar-refractivity contribution < 1.29 is 27.5 Å². The van der Waals surface area contributed by atoms with Gasteiger partial charge in [0.25, 0.3) is 0 Å². The highest BCUT2D eigenvalue weighted by molar-refractivity contribution is 7.93. The molecule has 120 valence electrons. The van der Waals surface area contributed by atoms with Gasteiger partial charge in [0.05, 0.1) is 10.9 Å². The monoisotopic (exact) mass is 327 g/mol. The highest BCUT2D eigenvalue weighted by atomic mass is 32.2. The maximum Gasteiger partial charge on any atom is 0.347 e. The lowest BCUT2D eigenvalue weighted by Crippen LogP contribution is -2.42. The number of carbonyl (C=O) groups is 2. The first-order chi connectivity index (χ1) is 10.2. The molecule has 0 spiro atoms. The third kappa shape index (κ3) is 2.26. The van der Waals surface area contributed by atoms with Gasteiger partial charge in [-0.1, -0.05) is 12.7 Å². The van der Waals surface area contributed by atoms with E-state index in [0.717, 1.165) is 0 Å². The molecule has 1 N–H and O–H groups in total. The van der Waals surface area contributed by atoms with Crippen LogP contribution in [0.25, 0.3) is 0 Å². The van der Waals surface area contributed by atoms with Crippen molar-refractivity contribution in [2.24, 2.45) is 11.8 Å². The lowest BCUT2D eigenvalue weighted by atomic mass is 9.99. The number of fused-ring (bicyclic) bond motifs is 1. The largest absolute Gasteiger partial charge is 0.457 e. The van der Waals surface area contributed by atoms with E-state index in [-0.39, 0.29) is 17.4 Å². The summed E-state index contributed by atoms with van der Waals surface area (Å²) in [5, 5.41) is 0. The number of esters is 2. The van der Waals surface area contributed by atoms with Crippen molar-refractivity contribution in [3.63, 3.8) is 0 Å². The minimum Gasteiger partial charge on any atom is -0.457 e. The first kappa shape index (κ1) is 15.2. The van der Waals surface area contributed by atoms with Gasteiger partial charge < -0.3 is 9.47 Å². The van der Waals surface area contributed by atoms with Crippen molar-refractivity contribution in [2.45, 2.75) is 38.5 Å². The number of ether oxygens (including phenoxy) is 2. The van der Waals surface area contributed by atoms with Gasteiger partial charge in [-0.15, -0.1) is 0 Å². The van der Waals surface area contributed by atoms with Gasteiger partial charge >= 0.3 is 11.9 Å². The zero-order valence-corrected chi connectivity index (χ0v) is 13.1. The average Bonchev–Trinajstić information content (AvgIpc) is 3.02. The molecule has 0 aromatic heterocycles. The fraction of sp³-hybridized carbons (Fsp3) is 0.571. The fourth-order valence-corrected chi connectivity index (χ4v) is 5.03. The van der Waals surface area contributed by atoms with E-state index < -0.39 is 40.2 Å². The molecule has 22 heavy (non-hydrogen) atoms. The molecule has 3 aliphatic rings. The summed E-state index contributed by atoms with van der Waals surface area (Å²) in [6, 6.07) is -0.414. The normalized spacial score (nSPS) is 34.9. The van der Waals surface area contributed by atoms with Gasteiger partial charge in [0, 0.05) is 17.4 Å². The Hall–Kier alpha value is -1.67. The molecule has 2 aliphatic carbocycles. The van der Waals surface area contributed by atoms with E-state index in [9.17, 15) is 18.0 Å². The first-order valence-corrected chi connectivity index (χ1v) is 8.50. The Bertz CT molecular complexity index is 694. The molecular formula is C14H17NO6S. The van der Waals surface area contributed by atoms with E-state index in [0.29, 0.717) is 11.3 Å². The fourth-order valence-electron chi connectivity index (χ4n) is 3.24. The molecule has 1 saturated carbocycles. The molecule has 1 aliphatic heterocycles. The number of rotatable bonds is 4. The summed E-state index contributed by atoms with van der Waals surface area (Å²) in [5.41, 5.74) is 0.190. The van der Waals surface area contributed by atoms with Crippen LogP contribution in [0.15, 0.2) is 23.1 Å². The van der Waals surface area contributed by atoms with Crippen LogP contribution in [-0.2, 0) is 29.1 Å². The molecule has 8 heteroatoms. The standard InChI is InChI=1S/C14H17NO6S/c1-6(2)13(16)20-7(3)14(17)21-12-8-4-9-10(5-8)22(18,19)15-11(9)12/h5,7-9,11-12,15H,1,4H2,2-3H3. The maximum atomic E-state index is 12.0. The Kier molecular flexibility index (Phi) is 3.41. The Morgan fingerprint density at radius 3 is 2.77 bits per heavy atom. The third-order valence-electron chi connectivity index (χ3n) is 4.30. The minimum atomic E-state index is -3.43. The van der Waals surface area contributed by atoms with Crippen molar-refractivity contribution in [2.75, 3.05) is 0 Å². The van der Waals surface area contributed by atoms with Crippen molar-refractivity contribution in [3.8, 4) is 0 Å². The molecule has 1 saturated heterocycles. The summed E-state index contributed by atoms with van der Waals surface area (Å²) in [7, 11) is -3.43. The summed E-state index contributed by atoms with van der Waals surface area (Å²) in [4.78, 5) is 23.9. The lowest BCUT2D eigenvalue weighted by molar-refractivity contribution is -0.169. The molecule has 5 atom stereocenters. The van der Waals surface area contributed by atoms with E-state index in [1.54, 1.807) is 6.08 Å². The van der Waals surface area contributed by atoms with Gasteiger partial charge in [-0.3, -0.25) is 0 Å². The molecule has 3 rings (SSSR count). The number of sulfonamides is 1. The van der Waals surface area contributed by atoms with Gasteiger partial charge in [-0.25, -0.2) is 22.7 Å². The van der Waals surface area contributed by atoms with Gasteiger partial charge in [0.2, 0.25) is 10.0 Å². The molecule has 0 radical (unpaired) electrons. The van der Waals surface area contributed by atoms with Crippen molar-refractivity contribution in [1.82, 2.24) is 4.72 Å². The first-order valence-electron chi connectivity index (χ1n) is 7.01. The van der Waals surface area contributed by atoms with E-state index >= 15 is 0 Å². The Balaban J connectivity index is 1.66. The van der Waals surface area contributed by atoms with Crippen molar-refractivity contribution in [1.29, 1.82) is 0 Å². The quantitative estimate of drug-likeness (QED) is 0.587. The van der Waals surface area contributed by atoms with E-state index in [4.69, 9.17) is 9.47 Å². The number of hydrogen-bond donors (Lipinski definition) is 1. The Morgan fingerprint density at radius 2 is 2.14 bits per heavy atom. The maximum absolute atomic E-state index is 12.0. The second-order valence-electron chi connectivity index (χ2n) is 5.95. The van der Waals surface area contributed by atoms with Crippen LogP contribution in [0.2, 0.25) is 0 Å². The van der Waals surface area contributed by atoms with Crippen LogP contribution in [0.3, 0.4) is 0 Å². The Labute approximate surface area is 128 Å². The summed E-state index contributed by atoms with van der Waals surface area (Å²) < 4.78 is 36.6. The number of hydrogen-bond acceptors (Lipinski definition) is 6. The topological polar surface area (TPSA) is 98.8 Å². The molecule has 1 heterocycles. The SMILES string of the molecule is C=C(C)C(=O)OC(C)C(=O)OC1C2C=C3C(C2)C1NS3(=O)=O. The second-order valence-corrected chi connectivity index (χ2v) is 7.67. The molecule has 0 aromatic carbocycles. The molecular weight excluding hydrogens is 310 g/mol. The molecule has 0 amide bonds. The van der Waals surface area contributed by atoms with Crippen LogP contribution >= 0.6 is 0 Å². The number of carbonyl (C=O) groups excluding carboxylic acids is 2. The summed E-state index contributed by atoms with van der Waals surface area (Å²) in [6.07, 6.45) is 0.706. The predicted molar refractivity (Wildman–Crippen MR) is 75.8 cm³/mol. The van der Waals surface area contributed by atoms with Crippen molar-refractivity contribution in [3.05, 3.63) is 23.1 Å². The van der Waals surface area contributed by atoms with Crippen molar-refractivity contribution >= 4 is 22.0 Å². The van der Waals surface area contributed by atoms with E-state index in [1.165, 1.54) is 13.8 Å². The molecule has 2 fully saturated rings. The van der Waals surface area contributed by atoms with Crippen LogP contribution in [0.4, 0.5) is 0 Å². The Morgan fingerprint density at radius 1 is 1.45 bits per heavy atom. The van der Waals surface area contributed by atoms with E-state index in [1.807, 2.05) is 0 Å². The van der Waals surface area contributed by atoms with Gasteiger partial charge in [-0.05, 0) is 20.3 Å². The zero-order chi connectivity index (χ0) is 16.2. The van der Waals surface area contributed by atoms with Crippen LogP contribution < -0.4 is 4.72 Å². The highest BCUT2D eigenvalue weighted by Gasteiger charge is 2.59. The summed E-state index contributed by atoms with van der Waals surface area (Å²) in [5.74, 6) is -1.59. The molecule has 0 aromatic rings. The van der Waals surface area contributed by atoms with Crippen LogP contribution in [-0.4, -0.2) is 38.6 Å². The zero-order valence-electron chi connectivity index (χ0n) is 12.2.